The fraction of sp³-hybridized carbons (Fsp3) is 0.458. The molecule has 1 amide bonds. The average molecular weight is 556 g/mol. The number of nitrogens with zero attached hydrogens (tertiary/aromatic N) is 3. The highest BCUT2D eigenvalue weighted by Crippen LogP contribution is 2.38. The van der Waals surface area contributed by atoms with Gasteiger partial charge in [-0.3, -0.25) is 4.18 Å². The number of amides is 1. The highest BCUT2D eigenvalue weighted by Gasteiger charge is 2.29. The maximum absolute atomic E-state index is 12.8. The van der Waals surface area contributed by atoms with Crippen LogP contribution < -0.4 is 10.0 Å². The number of ether oxygens (including phenoxy) is 1. The Bertz CT molecular complexity index is 1230. The minimum absolute atomic E-state index is 0.104. The SMILES string of the molecule is CC(C)(C)OC(=O)NSOCC1CCC(Nc2ccnc3cc(-c4cccc(SC(F)(F)F)c4)nn23)C1. The third kappa shape index (κ3) is 8.17. The zero-order valence-electron chi connectivity index (χ0n) is 20.5. The lowest BCUT2D eigenvalue weighted by molar-refractivity contribution is -0.0328. The van der Waals surface area contributed by atoms with Gasteiger partial charge in [-0.2, -0.15) is 22.8 Å². The number of benzene rings is 1. The first-order valence-electron chi connectivity index (χ1n) is 11.7. The number of fused-ring (bicyclic) bond motifs is 1. The van der Waals surface area contributed by atoms with Crippen molar-refractivity contribution in [3.05, 3.63) is 42.6 Å². The predicted molar refractivity (Wildman–Crippen MR) is 138 cm³/mol. The third-order valence-corrected chi connectivity index (χ3v) is 6.73. The molecule has 1 saturated carbocycles. The van der Waals surface area contributed by atoms with Gasteiger partial charge < -0.3 is 10.1 Å². The summed E-state index contributed by atoms with van der Waals surface area (Å²) in [5, 5.41) is 8.12. The Kier molecular flexibility index (Phi) is 8.44. The van der Waals surface area contributed by atoms with E-state index in [1.54, 1.807) is 49.7 Å². The molecule has 2 aromatic heterocycles. The second-order valence-corrected chi connectivity index (χ2v) is 11.4. The van der Waals surface area contributed by atoms with Crippen LogP contribution in [-0.4, -0.2) is 44.4 Å². The molecule has 13 heteroatoms. The Balaban J connectivity index is 1.33. The third-order valence-electron chi connectivity index (χ3n) is 5.50. The summed E-state index contributed by atoms with van der Waals surface area (Å²) in [5.74, 6) is 1.08. The Hall–Kier alpha value is -2.64. The molecule has 1 aliphatic rings. The lowest BCUT2D eigenvalue weighted by Gasteiger charge is -2.19. The van der Waals surface area contributed by atoms with Crippen LogP contribution in [-0.2, 0) is 8.92 Å². The van der Waals surface area contributed by atoms with Crippen LogP contribution in [0.2, 0.25) is 0 Å². The van der Waals surface area contributed by atoms with E-state index in [1.165, 1.54) is 12.1 Å². The van der Waals surface area contributed by atoms with Gasteiger partial charge in [-0.15, -0.1) is 0 Å². The Morgan fingerprint density at radius 3 is 2.76 bits per heavy atom. The van der Waals surface area contributed by atoms with Crippen molar-refractivity contribution >= 4 is 41.5 Å². The van der Waals surface area contributed by atoms with Gasteiger partial charge in [-0.25, -0.2) is 14.5 Å². The summed E-state index contributed by atoms with van der Waals surface area (Å²) in [6.07, 6.45) is 3.91. The molecule has 2 N–H and O–H groups in total. The number of hydrogen-bond acceptors (Lipinski definition) is 8. The summed E-state index contributed by atoms with van der Waals surface area (Å²) in [4.78, 5) is 16.1. The molecular formula is C24H28F3N5O3S2. The van der Waals surface area contributed by atoms with Crippen molar-refractivity contribution in [2.24, 2.45) is 5.92 Å². The van der Waals surface area contributed by atoms with Crippen molar-refractivity contribution in [2.45, 2.75) is 62.1 Å². The summed E-state index contributed by atoms with van der Waals surface area (Å²) in [5.41, 5.74) is -3.21. The zero-order valence-corrected chi connectivity index (χ0v) is 22.2. The van der Waals surface area contributed by atoms with Crippen LogP contribution in [0.3, 0.4) is 0 Å². The molecule has 0 saturated heterocycles. The van der Waals surface area contributed by atoms with Crippen LogP contribution in [0.15, 0.2) is 47.5 Å². The Labute approximate surface area is 221 Å². The molecule has 2 heterocycles. The smallest absolute Gasteiger partial charge is 0.443 e. The molecule has 2 unspecified atom stereocenters. The van der Waals surface area contributed by atoms with E-state index in [4.69, 9.17) is 8.92 Å². The fourth-order valence-electron chi connectivity index (χ4n) is 4.06. The second-order valence-electron chi connectivity index (χ2n) is 9.70. The average Bonchev–Trinajstić information content (AvgIpc) is 3.42. The largest absolute Gasteiger partial charge is 0.446 e. The summed E-state index contributed by atoms with van der Waals surface area (Å²) in [7, 11) is 0. The first-order chi connectivity index (χ1) is 17.4. The fourth-order valence-corrected chi connectivity index (χ4v) is 5.09. The van der Waals surface area contributed by atoms with E-state index < -0.39 is 17.2 Å². The highest BCUT2D eigenvalue weighted by atomic mass is 32.2. The molecule has 0 spiro atoms. The summed E-state index contributed by atoms with van der Waals surface area (Å²) >= 11 is 0.720. The van der Waals surface area contributed by atoms with Gasteiger partial charge in [0.2, 0.25) is 0 Å². The normalized spacial score (nSPS) is 18.2. The van der Waals surface area contributed by atoms with E-state index in [1.807, 2.05) is 6.07 Å². The minimum atomic E-state index is -4.35. The van der Waals surface area contributed by atoms with Crippen LogP contribution in [0, 0.1) is 5.92 Å². The monoisotopic (exact) mass is 555 g/mol. The van der Waals surface area contributed by atoms with Crippen molar-refractivity contribution in [3.63, 3.8) is 0 Å². The summed E-state index contributed by atoms with van der Waals surface area (Å²) < 4.78 is 53.2. The molecule has 8 nitrogen and oxygen atoms in total. The molecule has 200 valence electrons. The molecule has 0 aliphatic heterocycles. The van der Waals surface area contributed by atoms with Crippen LogP contribution in [0.4, 0.5) is 23.8 Å². The number of rotatable bonds is 8. The van der Waals surface area contributed by atoms with E-state index in [-0.39, 0.29) is 22.7 Å². The second kappa shape index (κ2) is 11.4. The topological polar surface area (TPSA) is 89.8 Å². The van der Waals surface area contributed by atoms with E-state index >= 15 is 0 Å². The van der Waals surface area contributed by atoms with Gasteiger partial charge in [-0.05, 0) is 75.9 Å². The van der Waals surface area contributed by atoms with Gasteiger partial charge in [-0.1, -0.05) is 12.1 Å². The Morgan fingerprint density at radius 1 is 1.19 bits per heavy atom. The first-order valence-corrected chi connectivity index (χ1v) is 13.3. The van der Waals surface area contributed by atoms with E-state index in [2.05, 4.69) is 20.1 Å². The number of aromatic nitrogens is 3. The molecular weight excluding hydrogens is 527 g/mol. The molecule has 4 rings (SSSR count). The predicted octanol–water partition coefficient (Wildman–Crippen LogP) is 6.69. The number of thioether (sulfide) groups is 1. The molecule has 37 heavy (non-hydrogen) atoms. The molecule has 0 radical (unpaired) electrons. The van der Waals surface area contributed by atoms with Crippen LogP contribution in [0.5, 0.6) is 0 Å². The Morgan fingerprint density at radius 2 is 2.00 bits per heavy atom. The number of carbonyl (C=O) groups excluding carboxylic acids is 1. The number of anilines is 1. The van der Waals surface area contributed by atoms with Gasteiger partial charge in [0.1, 0.15) is 23.6 Å². The quantitative estimate of drug-likeness (QED) is 0.138. The van der Waals surface area contributed by atoms with Crippen molar-refractivity contribution in [1.82, 2.24) is 19.3 Å². The van der Waals surface area contributed by atoms with Gasteiger partial charge in [0.05, 0.1) is 12.3 Å². The maximum Gasteiger partial charge on any atom is 0.446 e. The van der Waals surface area contributed by atoms with Gasteiger partial charge in [0, 0.05) is 28.8 Å². The van der Waals surface area contributed by atoms with Crippen LogP contribution in [0.1, 0.15) is 40.0 Å². The van der Waals surface area contributed by atoms with E-state index in [9.17, 15) is 18.0 Å². The number of alkyl halides is 3. The standard InChI is InChI=1S/C24H28F3N5O3S2/c1-23(2,3)35-22(33)31-37-34-14-15-7-8-17(11-15)29-20-9-10-28-21-13-19(30-32(20)21)16-5-4-6-18(12-16)36-24(25,26)27/h4-6,9-10,12-13,15,17,29H,7-8,11,14H2,1-3H3,(H,31,33). The van der Waals surface area contributed by atoms with Crippen LogP contribution in [0.25, 0.3) is 16.9 Å². The number of hydrogen-bond donors (Lipinski definition) is 2. The molecule has 2 atom stereocenters. The molecule has 3 aromatic rings. The number of nitrogens with one attached hydrogen (secondary N) is 2. The van der Waals surface area contributed by atoms with Crippen molar-refractivity contribution in [2.75, 3.05) is 11.9 Å². The van der Waals surface area contributed by atoms with Gasteiger partial charge in [0.25, 0.3) is 0 Å². The lowest BCUT2D eigenvalue weighted by Crippen LogP contribution is -2.29. The summed E-state index contributed by atoms with van der Waals surface area (Å²) in [6.45, 7) is 5.86. The number of carbonyl (C=O) groups is 1. The van der Waals surface area contributed by atoms with Crippen molar-refractivity contribution < 1.29 is 26.9 Å². The molecule has 1 aliphatic carbocycles. The van der Waals surface area contributed by atoms with E-state index in [0.717, 1.165) is 37.3 Å². The van der Waals surface area contributed by atoms with E-state index in [0.29, 0.717) is 29.4 Å². The summed E-state index contributed by atoms with van der Waals surface area (Å²) in [6, 6.07) is 9.99. The van der Waals surface area contributed by atoms with Crippen molar-refractivity contribution in [1.29, 1.82) is 0 Å². The minimum Gasteiger partial charge on any atom is -0.443 e. The highest BCUT2D eigenvalue weighted by molar-refractivity contribution is 8.00. The molecule has 0 bridgehead atoms. The van der Waals surface area contributed by atoms with Crippen molar-refractivity contribution in [3.8, 4) is 11.3 Å². The molecule has 1 fully saturated rings. The maximum atomic E-state index is 12.8. The lowest BCUT2D eigenvalue weighted by atomic mass is 10.1. The molecule has 1 aromatic carbocycles. The van der Waals surface area contributed by atoms with Crippen LogP contribution >= 0.6 is 24.0 Å². The van der Waals surface area contributed by atoms with Gasteiger partial charge >= 0.3 is 11.6 Å². The number of halogens is 3. The first kappa shape index (κ1) is 27.4. The zero-order chi connectivity index (χ0) is 26.6. The van der Waals surface area contributed by atoms with Gasteiger partial charge in [0.15, 0.2) is 5.65 Å².